The van der Waals surface area contributed by atoms with Gasteiger partial charge in [0.2, 0.25) is 15.0 Å². The third-order valence-corrected chi connectivity index (χ3v) is 3.92. The number of H-pyrrole nitrogens is 1. The van der Waals surface area contributed by atoms with Gasteiger partial charge >= 0.3 is 0 Å². The molecule has 0 saturated heterocycles. The van der Waals surface area contributed by atoms with E-state index in [4.69, 9.17) is 11.6 Å². The molecule has 0 amide bonds. The van der Waals surface area contributed by atoms with Gasteiger partial charge in [-0.15, -0.1) is 0 Å². The largest absolute Gasteiger partial charge is 0.323 e. The van der Waals surface area contributed by atoms with Crippen LogP contribution < -0.4 is 5.32 Å². The van der Waals surface area contributed by atoms with Crippen LogP contribution in [0.2, 0.25) is 5.15 Å². The molecule has 1 aliphatic rings. The van der Waals surface area contributed by atoms with Gasteiger partial charge in [-0.2, -0.15) is 5.10 Å². The molecule has 3 rings (SSSR count). The maximum atomic E-state index is 11.5. The summed E-state index contributed by atoms with van der Waals surface area (Å²) in [6, 6.07) is 3.33. The quantitative estimate of drug-likeness (QED) is 0.660. The lowest BCUT2D eigenvalue weighted by Crippen LogP contribution is -2.06. The molecule has 20 heavy (non-hydrogen) atoms. The van der Waals surface area contributed by atoms with Gasteiger partial charge in [0.25, 0.3) is 0 Å². The first kappa shape index (κ1) is 13.3. The van der Waals surface area contributed by atoms with Gasteiger partial charge in [-0.25, -0.2) is 18.4 Å². The van der Waals surface area contributed by atoms with Crippen LogP contribution in [0, 0.1) is 0 Å². The van der Waals surface area contributed by atoms with Crippen molar-refractivity contribution in [1.82, 2.24) is 20.2 Å². The summed E-state index contributed by atoms with van der Waals surface area (Å²) < 4.78 is 22.9. The van der Waals surface area contributed by atoms with Crippen LogP contribution in [0.4, 0.5) is 11.6 Å². The molecule has 1 saturated carbocycles. The summed E-state index contributed by atoms with van der Waals surface area (Å²) in [5.74, 6) is 1.42. The van der Waals surface area contributed by atoms with Crippen molar-refractivity contribution >= 4 is 33.1 Å². The summed E-state index contributed by atoms with van der Waals surface area (Å²) in [4.78, 5) is 7.61. The molecule has 0 spiro atoms. The highest BCUT2D eigenvalue weighted by Crippen LogP contribution is 2.39. The van der Waals surface area contributed by atoms with Crippen LogP contribution in [0.15, 0.2) is 17.3 Å². The summed E-state index contributed by atoms with van der Waals surface area (Å²) in [7, 11) is -3.51. The Kier molecular flexibility index (Phi) is 3.14. The molecule has 1 aliphatic carbocycles. The zero-order valence-corrected chi connectivity index (χ0v) is 12.2. The number of hydrogen-bond donors (Lipinski definition) is 2. The highest BCUT2D eigenvalue weighted by Gasteiger charge is 2.25. The average Bonchev–Trinajstić information content (AvgIpc) is 3.09. The Morgan fingerprint density at radius 2 is 2.05 bits per heavy atom. The SMILES string of the molecule is CS(=O)(=O)c1nc(Cl)cc(Nc2cc(C3CC3)[nH]n2)n1. The molecule has 0 atom stereocenters. The molecular formula is C11H12ClN5O2S. The maximum absolute atomic E-state index is 11.5. The number of aromatic amines is 1. The predicted molar refractivity (Wildman–Crippen MR) is 74.0 cm³/mol. The molecular weight excluding hydrogens is 302 g/mol. The molecule has 0 aromatic carbocycles. The van der Waals surface area contributed by atoms with E-state index in [2.05, 4.69) is 25.5 Å². The van der Waals surface area contributed by atoms with Crippen LogP contribution in [-0.2, 0) is 9.84 Å². The summed E-state index contributed by atoms with van der Waals surface area (Å²) >= 11 is 5.80. The number of sulfone groups is 1. The molecule has 9 heteroatoms. The lowest BCUT2D eigenvalue weighted by atomic mass is 10.3. The smallest absolute Gasteiger partial charge is 0.250 e. The Bertz CT molecular complexity index is 754. The zero-order valence-electron chi connectivity index (χ0n) is 10.6. The fraction of sp³-hybridized carbons (Fsp3) is 0.364. The van der Waals surface area contributed by atoms with E-state index in [0.29, 0.717) is 17.6 Å². The molecule has 0 bridgehead atoms. The van der Waals surface area contributed by atoms with Crippen LogP contribution in [0.5, 0.6) is 0 Å². The molecule has 0 aliphatic heterocycles. The van der Waals surface area contributed by atoms with Crippen molar-refractivity contribution in [1.29, 1.82) is 0 Å². The van der Waals surface area contributed by atoms with Crippen LogP contribution in [0.3, 0.4) is 0 Å². The van der Waals surface area contributed by atoms with Crippen molar-refractivity contribution in [3.8, 4) is 0 Å². The van der Waals surface area contributed by atoms with E-state index in [-0.39, 0.29) is 10.3 Å². The van der Waals surface area contributed by atoms with Crippen molar-refractivity contribution in [2.24, 2.45) is 0 Å². The van der Waals surface area contributed by atoms with E-state index in [0.717, 1.165) is 11.9 Å². The first-order chi connectivity index (χ1) is 9.41. The van der Waals surface area contributed by atoms with E-state index in [1.807, 2.05) is 6.07 Å². The Morgan fingerprint density at radius 3 is 2.70 bits per heavy atom. The number of nitrogens with zero attached hydrogens (tertiary/aromatic N) is 3. The van der Waals surface area contributed by atoms with E-state index < -0.39 is 9.84 Å². The van der Waals surface area contributed by atoms with Gasteiger partial charge in [-0.3, -0.25) is 5.10 Å². The summed E-state index contributed by atoms with van der Waals surface area (Å²) in [5.41, 5.74) is 1.07. The number of hydrogen-bond acceptors (Lipinski definition) is 6. The number of nitrogens with one attached hydrogen (secondary N) is 2. The van der Waals surface area contributed by atoms with Gasteiger partial charge in [0.1, 0.15) is 11.0 Å². The molecule has 2 heterocycles. The van der Waals surface area contributed by atoms with Gasteiger partial charge in [-0.1, -0.05) is 11.6 Å². The first-order valence-electron chi connectivity index (χ1n) is 5.99. The van der Waals surface area contributed by atoms with Gasteiger partial charge in [-0.05, 0) is 12.8 Å². The molecule has 2 N–H and O–H groups in total. The molecule has 0 unspecified atom stereocenters. The maximum Gasteiger partial charge on any atom is 0.250 e. The Hall–Kier alpha value is -1.67. The second-order valence-corrected chi connectivity index (χ2v) is 7.04. The van der Waals surface area contributed by atoms with Gasteiger partial charge < -0.3 is 5.32 Å². The summed E-state index contributed by atoms with van der Waals surface area (Å²) in [5, 5.41) is 9.71. The number of rotatable bonds is 4. The summed E-state index contributed by atoms with van der Waals surface area (Å²) in [6.07, 6.45) is 3.36. The van der Waals surface area contributed by atoms with Gasteiger partial charge in [0.05, 0.1) is 0 Å². The first-order valence-corrected chi connectivity index (χ1v) is 8.26. The lowest BCUT2D eigenvalue weighted by Gasteiger charge is -2.04. The van der Waals surface area contributed by atoms with E-state index in [1.54, 1.807) is 0 Å². The van der Waals surface area contributed by atoms with Crippen LogP contribution in [-0.4, -0.2) is 34.8 Å². The number of halogens is 1. The Balaban J connectivity index is 1.87. The third-order valence-electron chi connectivity index (χ3n) is 2.88. The van der Waals surface area contributed by atoms with Gasteiger partial charge in [0.15, 0.2) is 5.82 Å². The number of anilines is 2. The normalized spacial score (nSPS) is 15.3. The van der Waals surface area contributed by atoms with Crippen LogP contribution in [0.25, 0.3) is 0 Å². The molecule has 2 aromatic heterocycles. The minimum absolute atomic E-state index is 0.0564. The minimum atomic E-state index is -3.51. The van der Waals surface area contributed by atoms with Crippen LogP contribution in [0.1, 0.15) is 24.5 Å². The monoisotopic (exact) mass is 313 g/mol. The fourth-order valence-corrected chi connectivity index (χ4v) is 2.52. The number of aromatic nitrogens is 4. The van der Waals surface area contributed by atoms with E-state index in [9.17, 15) is 8.42 Å². The van der Waals surface area contributed by atoms with Crippen molar-refractivity contribution in [3.05, 3.63) is 23.0 Å². The van der Waals surface area contributed by atoms with Crippen molar-refractivity contribution < 1.29 is 8.42 Å². The second kappa shape index (κ2) is 4.71. The highest BCUT2D eigenvalue weighted by molar-refractivity contribution is 7.90. The van der Waals surface area contributed by atoms with Crippen molar-refractivity contribution in [3.63, 3.8) is 0 Å². The lowest BCUT2D eigenvalue weighted by molar-refractivity contribution is 0.593. The zero-order chi connectivity index (χ0) is 14.3. The molecule has 2 aromatic rings. The van der Waals surface area contributed by atoms with Crippen molar-refractivity contribution in [2.45, 2.75) is 23.9 Å². The van der Waals surface area contributed by atoms with E-state index >= 15 is 0 Å². The predicted octanol–water partition coefficient (Wildman–Crippen LogP) is 1.88. The Labute approximate surface area is 120 Å². The second-order valence-electron chi connectivity index (χ2n) is 4.74. The molecule has 106 valence electrons. The third kappa shape index (κ3) is 2.91. The highest BCUT2D eigenvalue weighted by atomic mass is 35.5. The molecule has 0 radical (unpaired) electrons. The van der Waals surface area contributed by atoms with Crippen LogP contribution >= 0.6 is 11.6 Å². The average molecular weight is 314 g/mol. The van der Waals surface area contributed by atoms with Gasteiger partial charge in [0, 0.05) is 30.0 Å². The summed E-state index contributed by atoms with van der Waals surface area (Å²) in [6.45, 7) is 0. The fourth-order valence-electron chi connectivity index (χ4n) is 1.76. The standard InChI is InChI=1S/C11H12ClN5O2S/c1-20(18,19)11-13-8(12)5-9(15-11)14-10-4-7(16-17-10)6-2-3-6/h4-6H,2-3H2,1H3,(H2,13,14,15,16,17). The van der Waals surface area contributed by atoms with E-state index in [1.165, 1.54) is 18.9 Å². The molecule has 1 fully saturated rings. The van der Waals surface area contributed by atoms with Crippen molar-refractivity contribution in [2.75, 3.05) is 11.6 Å². The topological polar surface area (TPSA) is 101 Å². The Morgan fingerprint density at radius 1 is 1.30 bits per heavy atom. The minimum Gasteiger partial charge on any atom is -0.323 e. The molecule has 7 nitrogen and oxygen atoms in total.